The average molecular weight is 340 g/mol. The maximum atomic E-state index is 6.11. The lowest BCUT2D eigenvalue weighted by atomic mass is 9.92. The van der Waals surface area contributed by atoms with Crippen LogP contribution in [0.15, 0.2) is 18.2 Å². The third-order valence-electron chi connectivity index (χ3n) is 4.39. The summed E-state index contributed by atoms with van der Waals surface area (Å²) in [7, 11) is 0. The molecule has 3 nitrogen and oxygen atoms in total. The predicted molar refractivity (Wildman–Crippen MR) is 96.5 cm³/mol. The van der Waals surface area contributed by atoms with Crippen LogP contribution >= 0.6 is 11.6 Å². The van der Waals surface area contributed by atoms with E-state index in [0.717, 1.165) is 47.7 Å². The molecule has 1 fully saturated rings. The van der Waals surface area contributed by atoms with Crippen LogP contribution in [0.3, 0.4) is 0 Å². The normalized spacial score (nSPS) is 22.3. The molecule has 2 rings (SSSR count). The van der Waals surface area contributed by atoms with Crippen LogP contribution in [0.1, 0.15) is 32.8 Å². The highest BCUT2D eigenvalue weighted by atomic mass is 35.5. The van der Waals surface area contributed by atoms with Crippen LogP contribution in [0.25, 0.3) is 0 Å². The van der Waals surface area contributed by atoms with Crippen molar-refractivity contribution in [2.75, 3.05) is 39.5 Å². The standard InChI is InChI=1S/C19H30ClNO2/c1-4-17-12-18(5-6-19(17)20)23-10-9-22-8-7-21-13-15(2)11-16(3)14-21/h5-6,12,15-16H,4,7-11,13-14H2,1-3H3/t15-,16-/m1/s1. The van der Waals surface area contributed by atoms with Gasteiger partial charge in [-0.2, -0.15) is 0 Å². The fraction of sp³-hybridized carbons (Fsp3) is 0.684. The molecule has 1 aliphatic heterocycles. The SMILES string of the molecule is CCc1cc(OCCOCCN2C[C@H](C)C[C@@H](C)C2)ccc1Cl. The zero-order valence-corrected chi connectivity index (χ0v) is 15.4. The quantitative estimate of drug-likeness (QED) is 0.660. The van der Waals surface area contributed by atoms with Gasteiger partial charge in [0.2, 0.25) is 0 Å². The minimum Gasteiger partial charge on any atom is -0.491 e. The summed E-state index contributed by atoms with van der Waals surface area (Å²) in [6, 6.07) is 5.83. The van der Waals surface area contributed by atoms with Crippen molar-refractivity contribution >= 4 is 11.6 Å². The molecule has 0 amide bonds. The van der Waals surface area contributed by atoms with Gasteiger partial charge >= 0.3 is 0 Å². The number of hydrogen-bond donors (Lipinski definition) is 0. The largest absolute Gasteiger partial charge is 0.491 e. The number of halogens is 1. The van der Waals surface area contributed by atoms with Gasteiger partial charge in [-0.3, -0.25) is 0 Å². The molecular formula is C19H30ClNO2. The fourth-order valence-corrected chi connectivity index (χ4v) is 3.65. The topological polar surface area (TPSA) is 21.7 Å². The highest BCUT2D eigenvalue weighted by Gasteiger charge is 2.21. The summed E-state index contributed by atoms with van der Waals surface area (Å²) < 4.78 is 11.4. The van der Waals surface area contributed by atoms with Gasteiger partial charge in [0.1, 0.15) is 12.4 Å². The highest BCUT2D eigenvalue weighted by molar-refractivity contribution is 6.31. The molecule has 1 aromatic carbocycles. The minimum atomic E-state index is 0.581. The monoisotopic (exact) mass is 339 g/mol. The summed E-state index contributed by atoms with van der Waals surface area (Å²) in [6.07, 6.45) is 2.27. The molecule has 0 spiro atoms. The number of piperidine rings is 1. The smallest absolute Gasteiger partial charge is 0.119 e. The van der Waals surface area contributed by atoms with Crippen LogP contribution in [0.4, 0.5) is 0 Å². The molecule has 1 aliphatic rings. The third kappa shape index (κ3) is 6.33. The Morgan fingerprint density at radius 1 is 1.13 bits per heavy atom. The van der Waals surface area contributed by atoms with E-state index in [1.807, 2.05) is 18.2 Å². The van der Waals surface area contributed by atoms with Gasteiger partial charge in [-0.15, -0.1) is 0 Å². The summed E-state index contributed by atoms with van der Waals surface area (Å²) >= 11 is 6.11. The van der Waals surface area contributed by atoms with Crippen molar-refractivity contribution < 1.29 is 9.47 Å². The zero-order valence-electron chi connectivity index (χ0n) is 14.7. The maximum absolute atomic E-state index is 6.11. The highest BCUT2D eigenvalue weighted by Crippen LogP contribution is 2.22. The zero-order chi connectivity index (χ0) is 16.7. The number of ether oxygens (including phenoxy) is 2. The first-order valence-corrected chi connectivity index (χ1v) is 9.17. The Balaban J connectivity index is 1.59. The molecule has 0 radical (unpaired) electrons. The van der Waals surface area contributed by atoms with Gasteiger partial charge in [-0.25, -0.2) is 0 Å². The lowest BCUT2D eigenvalue weighted by molar-refractivity contribution is 0.0595. The van der Waals surface area contributed by atoms with Crippen LogP contribution in [0.5, 0.6) is 5.75 Å². The molecule has 23 heavy (non-hydrogen) atoms. The van der Waals surface area contributed by atoms with E-state index >= 15 is 0 Å². The molecule has 0 unspecified atom stereocenters. The van der Waals surface area contributed by atoms with Gasteiger partial charge in [-0.1, -0.05) is 32.4 Å². The van der Waals surface area contributed by atoms with Crippen LogP contribution in [-0.2, 0) is 11.2 Å². The summed E-state index contributed by atoms with van der Waals surface area (Å²) in [6.45, 7) is 12.2. The van der Waals surface area contributed by atoms with Crippen molar-refractivity contribution in [1.29, 1.82) is 0 Å². The Morgan fingerprint density at radius 2 is 1.87 bits per heavy atom. The number of hydrogen-bond acceptors (Lipinski definition) is 3. The molecule has 0 N–H and O–H groups in total. The van der Waals surface area contributed by atoms with E-state index in [0.29, 0.717) is 13.2 Å². The second kappa shape index (κ2) is 9.51. The molecule has 0 saturated carbocycles. The van der Waals surface area contributed by atoms with E-state index in [1.54, 1.807) is 0 Å². The summed E-state index contributed by atoms with van der Waals surface area (Å²) in [5.41, 5.74) is 1.12. The van der Waals surface area contributed by atoms with Crippen LogP contribution in [0.2, 0.25) is 5.02 Å². The second-order valence-corrected chi connectivity index (χ2v) is 7.18. The molecule has 130 valence electrons. The van der Waals surface area contributed by atoms with Gasteiger partial charge in [0.25, 0.3) is 0 Å². The van der Waals surface area contributed by atoms with Crippen molar-refractivity contribution in [3.05, 3.63) is 28.8 Å². The number of likely N-dealkylation sites (tertiary alicyclic amines) is 1. The van der Waals surface area contributed by atoms with E-state index < -0.39 is 0 Å². The van der Waals surface area contributed by atoms with Crippen molar-refractivity contribution in [2.24, 2.45) is 11.8 Å². The average Bonchev–Trinajstić information content (AvgIpc) is 2.51. The number of benzene rings is 1. The predicted octanol–water partition coefficient (Wildman–Crippen LogP) is 4.28. The first kappa shape index (κ1) is 18.6. The lowest BCUT2D eigenvalue weighted by Gasteiger charge is -2.34. The van der Waals surface area contributed by atoms with E-state index in [9.17, 15) is 0 Å². The second-order valence-electron chi connectivity index (χ2n) is 6.77. The maximum Gasteiger partial charge on any atom is 0.119 e. The Labute approximate surface area is 145 Å². The van der Waals surface area contributed by atoms with Gasteiger partial charge in [0.15, 0.2) is 0 Å². The first-order valence-electron chi connectivity index (χ1n) is 8.79. The van der Waals surface area contributed by atoms with Crippen LogP contribution < -0.4 is 4.74 Å². The number of aryl methyl sites for hydroxylation is 1. The molecule has 2 atom stereocenters. The third-order valence-corrected chi connectivity index (χ3v) is 4.76. The van der Waals surface area contributed by atoms with Crippen molar-refractivity contribution in [1.82, 2.24) is 4.90 Å². The molecule has 0 aromatic heterocycles. The van der Waals surface area contributed by atoms with E-state index in [4.69, 9.17) is 21.1 Å². The van der Waals surface area contributed by atoms with Crippen molar-refractivity contribution in [2.45, 2.75) is 33.6 Å². The van der Waals surface area contributed by atoms with Crippen LogP contribution in [-0.4, -0.2) is 44.4 Å². The van der Waals surface area contributed by atoms with Gasteiger partial charge in [0, 0.05) is 24.7 Å². The Morgan fingerprint density at radius 3 is 2.57 bits per heavy atom. The fourth-order valence-electron chi connectivity index (χ4n) is 3.40. The van der Waals surface area contributed by atoms with Crippen LogP contribution in [0, 0.1) is 11.8 Å². The summed E-state index contributed by atoms with van der Waals surface area (Å²) in [5.74, 6) is 2.48. The Hall–Kier alpha value is -0.770. The molecule has 0 bridgehead atoms. The molecule has 0 aliphatic carbocycles. The van der Waals surface area contributed by atoms with Gasteiger partial charge in [0.05, 0.1) is 13.2 Å². The molecule has 4 heteroatoms. The summed E-state index contributed by atoms with van der Waals surface area (Å²) in [4.78, 5) is 2.52. The van der Waals surface area contributed by atoms with Gasteiger partial charge in [-0.05, 0) is 48.4 Å². The molecule has 1 heterocycles. The lowest BCUT2D eigenvalue weighted by Crippen LogP contribution is -2.40. The van der Waals surface area contributed by atoms with E-state index in [-0.39, 0.29) is 0 Å². The number of nitrogens with zero attached hydrogens (tertiary/aromatic N) is 1. The number of rotatable bonds is 8. The molecular weight excluding hydrogens is 310 g/mol. The Bertz CT molecular complexity index is 470. The Kier molecular flexibility index (Phi) is 7.68. The molecule has 1 aromatic rings. The minimum absolute atomic E-state index is 0.581. The molecule has 1 saturated heterocycles. The van der Waals surface area contributed by atoms with Crippen molar-refractivity contribution in [3.8, 4) is 5.75 Å². The summed E-state index contributed by atoms with van der Waals surface area (Å²) in [5, 5.41) is 0.807. The van der Waals surface area contributed by atoms with E-state index in [1.165, 1.54) is 19.5 Å². The van der Waals surface area contributed by atoms with Crippen molar-refractivity contribution in [3.63, 3.8) is 0 Å². The van der Waals surface area contributed by atoms with E-state index in [2.05, 4.69) is 25.7 Å². The van der Waals surface area contributed by atoms with Gasteiger partial charge < -0.3 is 14.4 Å². The first-order chi connectivity index (χ1) is 11.1.